The second kappa shape index (κ2) is 7.08. The lowest BCUT2D eigenvalue weighted by atomic mass is 9.93. The number of halogens is 3. The summed E-state index contributed by atoms with van der Waals surface area (Å²) in [6.45, 7) is 0.425. The normalized spacial score (nSPS) is 21.2. The lowest BCUT2D eigenvalue weighted by Gasteiger charge is -2.27. The number of ether oxygens (including phenoxy) is 2. The molecule has 0 radical (unpaired) electrons. The monoisotopic (exact) mass is 347 g/mol. The van der Waals surface area contributed by atoms with Crippen LogP contribution in [0.15, 0.2) is 24.3 Å². The number of hydrogen-bond acceptors (Lipinski definition) is 4. The van der Waals surface area contributed by atoms with Crippen molar-refractivity contribution >= 4 is 11.9 Å². The van der Waals surface area contributed by atoms with E-state index in [1.807, 2.05) is 0 Å². The zero-order chi connectivity index (χ0) is 17.9. The maximum atomic E-state index is 12.2. The Kier molecular flexibility index (Phi) is 5.33. The van der Waals surface area contributed by atoms with Crippen molar-refractivity contribution in [3.8, 4) is 5.75 Å². The van der Waals surface area contributed by atoms with E-state index in [4.69, 9.17) is 4.74 Å². The number of carbonyl (C=O) groups excluding carboxylic acids is 1. The first-order chi connectivity index (χ1) is 11.2. The van der Waals surface area contributed by atoms with Gasteiger partial charge in [0.2, 0.25) is 5.91 Å². The smallest absolute Gasteiger partial charge is 0.481 e. The molecule has 1 aliphatic heterocycles. The second-order valence-electron chi connectivity index (χ2n) is 5.29. The van der Waals surface area contributed by atoms with Gasteiger partial charge in [0.15, 0.2) is 0 Å². The van der Waals surface area contributed by atoms with Gasteiger partial charge < -0.3 is 19.5 Å². The van der Waals surface area contributed by atoms with E-state index < -0.39 is 30.0 Å². The molecule has 0 unspecified atom stereocenters. The van der Waals surface area contributed by atoms with E-state index >= 15 is 0 Å². The molecule has 0 spiro atoms. The van der Waals surface area contributed by atoms with Gasteiger partial charge in [0, 0.05) is 20.1 Å². The Balaban J connectivity index is 2.26. The van der Waals surface area contributed by atoms with Crippen molar-refractivity contribution in [3.63, 3.8) is 0 Å². The highest BCUT2D eigenvalue weighted by molar-refractivity contribution is 5.87. The van der Waals surface area contributed by atoms with Gasteiger partial charge in [0.05, 0.1) is 18.6 Å². The third-order valence-electron chi connectivity index (χ3n) is 3.74. The van der Waals surface area contributed by atoms with E-state index in [0.717, 1.165) is 12.1 Å². The van der Waals surface area contributed by atoms with Crippen LogP contribution in [-0.2, 0) is 14.3 Å². The van der Waals surface area contributed by atoms with E-state index in [9.17, 15) is 27.9 Å². The van der Waals surface area contributed by atoms with Crippen LogP contribution in [0, 0.1) is 5.92 Å². The number of methoxy groups -OCH3 is 1. The maximum Gasteiger partial charge on any atom is 0.573 e. The number of carboxylic acids is 1. The number of nitrogens with zero attached hydrogens (tertiary/aromatic N) is 1. The van der Waals surface area contributed by atoms with E-state index in [1.54, 1.807) is 0 Å². The van der Waals surface area contributed by atoms with Crippen molar-refractivity contribution in [1.29, 1.82) is 0 Å². The summed E-state index contributed by atoms with van der Waals surface area (Å²) in [6.07, 6.45) is -4.97. The highest BCUT2D eigenvalue weighted by atomic mass is 19.4. The molecule has 2 atom stereocenters. The minimum atomic E-state index is -4.81. The number of hydrogen-bond donors (Lipinski definition) is 1. The largest absolute Gasteiger partial charge is 0.573 e. The van der Waals surface area contributed by atoms with Crippen LogP contribution >= 0.6 is 0 Å². The molecule has 1 aliphatic rings. The molecule has 0 saturated carbocycles. The number of likely N-dealkylation sites (tertiary alicyclic amines) is 1. The third kappa shape index (κ3) is 4.16. The zero-order valence-corrected chi connectivity index (χ0v) is 12.7. The molecule has 9 heteroatoms. The fraction of sp³-hybridized carbons (Fsp3) is 0.467. The number of carboxylic acid groups (broad SMARTS) is 1. The number of benzene rings is 1. The Labute approximate surface area is 135 Å². The van der Waals surface area contributed by atoms with Crippen LogP contribution in [0.3, 0.4) is 0 Å². The molecule has 1 saturated heterocycles. The SMILES string of the molecule is COCCN1C(=O)C[C@H](C(=O)O)[C@H]1c1ccc(OC(F)(F)F)cc1. The highest BCUT2D eigenvalue weighted by Gasteiger charge is 2.44. The van der Waals surface area contributed by atoms with E-state index in [0.29, 0.717) is 5.56 Å². The molecule has 1 amide bonds. The molecule has 1 aromatic rings. The van der Waals surface area contributed by atoms with Crippen molar-refractivity contribution in [2.75, 3.05) is 20.3 Å². The van der Waals surface area contributed by atoms with Gasteiger partial charge in [-0.2, -0.15) is 0 Å². The zero-order valence-electron chi connectivity index (χ0n) is 12.7. The number of aliphatic carboxylic acids is 1. The van der Waals surface area contributed by atoms with Crippen LogP contribution in [0.4, 0.5) is 13.2 Å². The number of amides is 1. The van der Waals surface area contributed by atoms with E-state index in [-0.39, 0.29) is 25.5 Å². The first kappa shape index (κ1) is 18.1. The Morgan fingerprint density at radius 3 is 2.46 bits per heavy atom. The topological polar surface area (TPSA) is 76.1 Å². The van der Waals surface area contributed by atoms with Crippen LogP contribution < -0.4 is 4.74 Å². The first-order valence-corrected chi connectivity index (χ1v) is 7.10. The Morgan fingerprint density at radius 1 is 1.33 bits per heavy atom. The average Bonchev–Trinajstić information content (AvgIpc) is 2.81. The molecule has 0 aliphatic carbocycles. The van der Waals surface area contributed by atoms with Gasteiger partial charge in [-0.1, -0.05) is 12.1 Å². The minimum absolute atomic E-state index is 0.162. The summed E-state index contributed by atoms with van der Waals surface area (Å²) in [6, 6.07) is 4.10. The fourth-order valence-corrected chi connectivity index (χ4v) is 2.74. The fourth-order valence-electron chi connectivity index (χ4n) is 2.74. The Morgan fingerprint density at radius 2 is 1.96 bits per heavy atom. The summed E-state index contributed by atoms with van der Waals surface area (Å²) in [5.41, 5.74) is 0.430. The molecular formula is C15H16F3NO5. The Bertz CT molecular complexity index is 602. The van der Waals surface area contributed by atoms with E-state index in [1.165, 1.54) is 24.1 Å². The van der Waals surface area contributed by atoms with Gasteiger partial charge >= 0.3 is 12.3 Å². The minimum Gasteiger partial charge on any atom is -0.481 e. The quantitative estimate of drug-likeness (QED) is 0.854. The molecular weight excluding hydrogens is 331 g/mol. The standard InChI is InChI=1S/C15H16F3NO5/c1-23-7-6-19-12(20)8-11(14(21)22)13(19)9-2-4-10(5-3-9)24-15(16,17)18/h2-5,11,13H,6-8H2,1H3,(H,21,22)/t11-,13+/m0/s1. The van der Waals surface area contributed by atoms with Crippen LogP contribution in [-0.4, -0.2) is 48.5 Å². The number of rotatable bonds is 6. The summed E-state index contributed by atoms with van der Waals surface area (Å²) < 4.78 is 45.3. The first-order valence-electron chi connectivity index (χ1n) is 7.10. The average molecular weight is 347 g/mol. The molecule has 6 nitrogen and oxygen atoms in total. The van der Waals surface area contributed by atoms with Gasteiger partial charge in [-0.05, 0) is 17.7 Å². The summed E-state index contributed by atoms with van der Waals surface area (Å²) in [5, 5.41) is 9.33. The van der Waals surface area contributed by atoms with Crippen molar-refractivity contribution in [1.82, 2.24) is 4.90 Å². The number of carbonyl (C=O) groups is 2. The molecule has 1 heterocycles. The lowest BCUT2D eigenvalue weighted by Crippen LogP contribution is -2.33. The van der Waals surface area contributed by atoms with Crippen LogP contribution in [0.2, 0.25) is 0 Å². The van der Waals surface area contributed by atoms with Crippen molar-refractivity contribution in [3.05, 3.63) is 29.8 Å². The maximum absolute atomic E-state index is 12.2. The van der Waals surface area contributed by atoms with Crippen molar-refractivity contribution in [2.24, 2.45) is 5.92 Å². The van der Waals surface area contributed by atoms with Gasteiger partial charge in [-0.3, -0.25) is 9.59 Å². The van der Waals surface area contributed by atoms with Gasteiger partial charge in [0.25, 0.3) is 0 Å². The summed E-state index contributed by atoms with van der Waals surface area (Å²) in [5.74, 6) is -2.85. The molecule has 1 fully saturated rings. The molecule has 132 valence electrons. The predicted octanol–water partition coefficient (Wildman–Crippen LogP) is 2.21. The third-order valence-corrected chi connectivity index (χ3v) is 3.74. The predicted molar refractivity (Wildman–Crippen MR) is 75.2 cm³/mol. The van der Waals surface area contributed by atoms with E-state index in [2.05, 4.69) is 4.74 Å². The Hall–Kier alpha value is -2.29. The second-order valence-corrected chi connectivity index (χ2v) is 5.29. The molecule has 1 N–H and O–H groups in total. The molecule has 1 aromatic carbocycles. The highest BCUT2D eigenvalue weighted by Crippen LogP contribution is 2.38. The summed E-state index contributed by atoms with van der Waals surface area (Å²) >= 11 is 0. The number of alkyl halides is 3. The summed E-state index contributed by atoms with van der Waals surface area (Å²) in [7, 11) is 1.45. The lowest BCUT2D eigenvalue weighted by molar-refractivity contribution is -0.274. The summed E-state index contributed by atoms with van der Waals surface area (Å²) in [4.78, 5) is 24.9. The van der Waals surface area contributed by atoms with Crippen LogP contribution in [0.1, 0.15) is 18.0 Å². The van der Waals surface area contributed by atoms with Gasteiger partial charge in [-0.15, -0.1) is 13.2 Å². The van der Waals surface area contributed by atoms with Crippen molar-refractivity contribution in [2.45, 2.75) is 18.8 Å². The molecule has 0 bridgehead atoms. The van der Waals surface area contributed by atoms with Crippen LogP contribution in [0.5, 0.6) is 5.75 Å². The van der Waals surface area contributed by atoms with Crippen LogP contribution in [0.25, 0.3) is 0 Å². The molecule has 2 rings (SSSR count). The van der Waals surface area contributed by atoms with Gasteiger partial charge in [-0.25, -0.2) is 0 Å². The van der Waals surface area contributed by atoms with Gasteiger partial charge in [0.1, 0.15) is 5.75 Å². The molecule has 0 aromatic heterocycles. The van der Waals surface area contributed by atoms with Crippen molar-refractivity contribution < 1.29 is 37.3 Å². The molecule has 24 heavy (non-hydrogen) atoms.